The first-order valence-corrected chi connectivity index (χ1v) is 7.41. The Bertz CT molecular complexity index is 594. The van der Waals surface area contributed by atoms with Crippen LogP contribution in [0.1, 0.15) is 43.1 Å². The third-order valence-electron chi connectivity index (χ3n) is 3.12. The summed E-state index contributed by atoms with van der Waals surface area (Å²) < 4.78 is 5.21. The van der Waals surface area contributed by atoms with E-state index in [2.05, 4.69) is 39.6 Å². The molecule has 6 nitrogen and oxygen atoms in total. The van der Waals surface area contributed by atoms with Crippen LogP contribution in [0, 0.1) is 13.8 Å². The number of rotatable bonds is 7. The van der Waals surface area contributed by atoms with Gasteiger partial charge in [-0.1, -0.05) is 12.1 Å². The summed E-state index contributed by atoms with van der Waals surface area (Å²) in [5.74, 6) is 3.40. The second-order valence-electron chi connectivity index (χ2n) is 5.03. The number of anilines is 2. The molecule has 0 aliphatic heterocycles. The fourth-order valence-corrected chi connectivity index (χ4v) is 2.08. The summed E-state index contributed by atoms with van der Waals surface area (Å²) in [4.78, 5) is 9.18. The fraction of sp³-hybridized carbons (Fsp3) is 0.533. The lowest BCUT2D eigenvalue weighted by Gasteiger charge is -2.13. The third-order valence-corrected chi connectivity index (χ3v) is 3.12. The molecule has 0 fully saturated rings. The van der Waals surface area contributed by atoms with Crippen LogP contribution in [0.15, 0.2) is 10.6 Å². The Hall–Kier alpha value is -2.11. The number of aryl methyl sites for hydroxylation is 2. The number of hydrogen-bond donors (Lipinski definition) is 2. The van der Waals surface area contributed by atoms with E-state index in [0.717, 1.165) is 53.9 Å². The lowest BCUT2D eigenvalue weighted by Crippen LogP contribution is -2.11. The van der Waals surface area contributed by atoms with Crippen LogP contribution in [-0.4, -0.2) is 21.7 Å². The normalized spacial score (nSPS) is 10.7. The third kappa shape index (κ3) is 3.93. The van der Waals surface area contributed by atoms with Crippen molar-refractivity contribution in [2.75, 3.05) is 17.2 Å². The van der Waals surface area contributed by atoms with E-state index in [0.29, 0.717) is 6.54 Å². The first kappa shape index (κ1) is 15.3. The summed E-state index contributed by atoms with van der Waals surface area (Å²) in [7, 11) is 0. The van der Waals surface area contributed by atoms with E-state index in [1.165, 1.54) is 0 Å². The molecule has 0 spiro atoms. The molecular formula is C15H23N5O. The van der Waals surface area contributed by atoms with Crippen LogP contribution in [-0.2, 0) is 13.0 Å². The Labute approximate surface area is 125 Å². The molecule has 0 atom stereocenters. The van der Waals surface area contributed by atoms with E-state index >= 15 is 0 Å². The van der Waals surface area contributed by atoms with Gasteiger partial charge in [0, 0.05) is 24.6 Å². The Kier molecular flexibility index (Phi) is 5.14. The smallest absolute Gasteiger partial charge is 0.156 e. The molecule has 2 N–H and O–H groups in total. The largest absolute Gasteiger partial charge is 0.370 e. The summed E-state index contributed by atoms with van der Waals surface area (Å²) >= 11 is 0. The maximum Gasteiger partial charge on any atom is 0.156 e. The minimum atomic E-state index is 0.565. The maximum absolute atomic E-state index is 5.21. The molecule has 0 bridgehead atoms. The molecule has 2 aromatic rings. The summed E-state index contributed by atoms with van der Waals surface area (Å²) in [5.41, 5.74) is 1.90. The standard InChI is InChI=1S/C15H23N5O/c1-5-7-13-18-14(16-6-2)11(4)15(19-13)17-9-12-8-10(3)20-21-12/h8H,5-7,9H2,1-4H3,(H2,16,17,18,19). The molecule has 0 saturated heterocycles. The predicted molar refractivity (Wildman–Crippen MR) is 83.5 cm³/mol. The SMILES string of the molecule is CCCc1nc(NCC)c(C)c(NCc2cc(C)no2)n1. The van der Waals surface area contributed by atoms with Gasteiger partial charge in [0.2, 0.25) is 0 Å². The van der Waals surface area contributed by atoms with Gasteiger partial charge >= 0.3 is 0 Å². The minimum absolute atomic E-state index is 0.565. The fourth-order valence-electron chi connectivity index (χ4n) is 2.08. The van der Waals surface area contributed by atoms with Gasteiger partial charge in [-0.3, -0.25) is 0 Å². The van der Waals surface area contributed by atoms with Gasteiger partial charge in [-0.15, -0.1) is 0 Å². The summed E-state index contributed by atoms with van der Waals surface area (Å²) in [6.07, 6.45) is 1.89. The lowest BCUT2D eigenvalue weighted by atomic mass is 10.2. The van der Waals surface area contributed by atoms with Gasteiger partial charge in [0.05, 0.1) is 12.2 Å². The van der Waals surface area contributed by atoms with Crippen molar-refractivity contribution in [2.45, 2.75) is 47.1 Å². The number of nitrogens with zero attached hydrogens (tertiary/aromatic N) is 3. The second-order valence-corrected chi connectivity index (χ2v) is 5.03. The summed E-state index contributed by atoms with van der Waals surface area (Å²) in [6.45, 7) is 9.51. The van der Waals surface area contributed by atoms with Gasteiger partial charge in [-0.25, -0.2) is 9.97 Å². The van der Waals surface area contributed by atoms with Crippen LogP contribution in [0.3, 0.4) is 0 Å². The Morgan fingerprint density at radius 3 is 2.38 bits per heavy atom. The highest BCUT2D eigenvalue weighted by atomic mass is 16.5. The van der Waals surface area contributed by atoms with Crippen LogP contribution in [0.2, 0.25) is 0 Å². The van der Waals surface area contributed by atoms with Crippen LogP contribution >= 0.6 is 0 Å². The Morgan fingerprint density at radius 2 is 1.81 bits per heavy atom. The van der Waals surface area contributed by atoms with Gasteiger partial charge in [-0.2, -0.15) is 0 Å². The van der Waals surface area contributed by atoms with E-state index in [-0.39, 0.29) is 0 Å². The van der Waals surface area contributed by atoms with Crippen molar-refractivity contribution < 1.29 is 4.52 Å². The van der Waals surface area contributed by atoms with Gasteiger partial charge in [0.15, 0.2) is 5.76 Å². The number of aromatic nitrogens is 3. The van der Waals surface area contributed by atoms with Crippen molar-refractivity contribution in [3.05, 3.63) is 28.9 Å². The van der Waals surface area contributed by atoms with Crippen molar-refractivity contribution in [3.63, 3.8) is 0 Å². The van der Waals surface area contributed by atoms with Crippen LogP contribution in [0.25, 0.3) is 0 Å². The zero-order chi connectivity index (χ0) is 15.2. The molecule has 2 heterocycles. The predicted octanol–water partition coefficient (Wildman–Crippen LogP) is 3.08. The first-order chi connectivity index (χ1) is 10.1. The molecule has 0 aromatic carbocycles. The van der Waals surface area contributed by atoms with Crippen LogP contribution in [0.4, 0.5) is 11.6 Å². The van der Waals surface area contributed by atoms with Gasteiger partial charge in [-0.05, 0) is 27.2 Å². The highest BCUT2D eigenvalue weighted by Crippen LogP contribution is 2.21. The monoisotopic (exact) mass is 289 g/mol. The number of nitrogens with one attached hydrogen (secondary N) is 2. The average Bonchev–Trinajstić information content (AvgIpc) is 2.87. The maximum atomic E-state index is 5.21. The summed E-state index contributed by atoms with van der Waals surface area (Å²) in [5, 5.41) is 10.5. The zero-order valence-corrected chi connectivity index (χ0v) is 13.2. The molecule has 0 radical (unpaired) electrons. The number of hydrogen-bond acceptors (Lipinski definition) is 6. The average molecular weight is 289 g/mol. The van der Waals surface area contributed by atoms with E-state index in [9.17, 15) is 0 Å². The van der Waals surface area contributed by atoms with E-state index < -0.39 is 0 Å². The van der Waals surface area contributed by atoms with Gasteiger partial charge in [0.1, 0.15) is 17.5 Å². The Morgan fingerprint density at radius 1 is 1.10 bits per heavy atom. The molecule has 2 rings (SSSR count). The molecule has 0 aliphatic carbocycles. The van der Waals surface area contributed by atoms with Crippen LogP contribution < -0.4 is 10.6 Å². The minimum Gasteiger partial charge on any atom is -0.370 e. The first-order valence-electron chi connectivity index (χ1n) is 7.41. The van der Waals surface area contributed by atoms with E-state index in [1.807, 2.05) is 19.9 Å². The van der Waals surface area contributed by atoms with Crippen molar-refractivity contribution in [3.8, 4) is 0 Å². The molecule has 0 saturated carbocycles. The Balaban J connectivity index is 2.19. The zero-order valence-electron chi connectivity index (χ0n) is 13.2. The van der Waals surface area contributed by atoms with E-state index in [4.69, 9.17) is 4.52 Å². The van der Waals surface area contributed by atoms with Crippen molar-refractivity contribution in [1.82, 2.24) is 15.1 Å². The quantitative estimate of drug-likeness (QED) is 0.815. The topological polar surface area (TPSA) is 75.9 Å². The molecular weight excluding hydrogens is 266 g/mol. The molecule has 114 valence electrons. The van der Waals surface area contributed by atoms with Crippen molar-refractivity contribution in [2.24, 2.45) is 0 Å². The molecule has 6 heteroatoms. The van der Waals surface area contributed by atoms with Crippen LogP contribution in [0.5, 0.6) is 0 Å². The van der Waals surface area contributed by atoms with Gasteiger partial charge < -0.3 is 15.2 Å². The molecule has 0 aliphatic rings. The highest BCUT2D eigenvalue weighted by molar-refractivity contribution is 5.57. The second kappa shape index (κ2) is 7.06. The lowest BCUT2D eigenvalue weighted by molar-refractivity contribution is 0.384. The summed E-state index contributed by atoms with van der Waals surface area (Å²) in [6, 6.07) is 1.92. The molecule has 0 unspecified atom stereocenters. The highest BCUT2D eigenvalue weighted by Gasteiger charge is 2.11. The van der Waals surface area contributed by atoms with Gasteiger partial charge in [0.25, 0.3) is 0 Å². The molecule has 2 aromatic heterocycles. The van der Waals surface area contributed by atoms with Crippen molar-refractivity contribution >= 4 is 11.6 Å². The van der Waals surface area contributed by atoms with E-state index in [1.54, 1.807) is 0 Å². The molecule has 21 heavy (non-hydrogen) atoms. The van der Waals surface area contributed by atoms with Crippen molar-refractivity contribution in [1.29, 1.82) is 0 Å². The molecule has 0 amide bonds.